The number of piperidine rings is 1. The van der Waals surface area contributed by atoms with Gasteiger partial charge in [0.05, 0.1) is 16.0 Å². The van der Waals surface area contributed by atoms with Gasteiger partial charge in [-0.3, -0.25) is 0 Å². The Balaban J connectivity index is 1.28. The van der Waals surface area contributed by atoms with Crippen molar-refractivity contribution in [2.24, 2.45) is 0 Å². The van der Waals surface area contributed by atoms with E-state index in [1.54, 1.807) is 24.3 Å². The number of nitrogens with zero attached hydrogens (tertiary/aromatic N) is 5. The predicted molar refractivity (Wildman–Crippen MR) is 129 cm³/mol. The number of fused-ring (bicyclic) bond motifs is 1. The SMILES string of the molecule is CS(=O)(=O)c1ccc(-c2csc3c(OC4CCN(c5ncc(C(F)(F)F)cn5)CC4)ncnc23)cc1. The Hall–Kier alpha value is -3.32. The van der Waals surface area contributed by atoms with Crippen LogP contribution in [0.4, 0.5) is 19.1 Å². The minimum Gasteiger partial charge on any atom is -0.473 e. The molecule has 0 amide bonds. The first-order valence-corrected chi connectivity index (χ1v) is 13.7. The van der Waals surface area contributed by atoms with Crippen LogP contribution in [0.5, 0.6) is 5.88 Å². The normalized spacial score (nSPS) is 15.4. The molecule has 13 heteroatoms. The molecule has 0 aliphatic carbocycles. The minimum atomic E-state index is -4.47. The molecule has 4 aromatic rings. The van der Waals surface area contributed by atoms with Crippen molar-refractivity contribution in [1.82, 2.24) is 19.9 Å². The van der Waals surface area contributed by atoms with Crippen LogP contribution in [0.3, 0.4) is 0 Å². The zero-order valence-corrected chi connectivity index (χ0v) is 20.6. The van der Waals surface area contributed by atoms with E-state index in [0.717, 1.165) is 28.2 Å². The van der Waals surface area contributed by atoms with Gasteiger partial charge in [-0.25, -0.2) is 28.4 Å². The van der Waals surface area contributed by atoms with Crippen LogP contribution in [0.15, 0.2) is 53.3 Å². The number of aromatic nitrogens is 4. The van der Waals surface area contributed by atoms with Crippen molar-refractivity contribution in [2.45, 2.75) is 30.0 Å². The number of halogens is 3. The molecule has 0 spiro atoms. The highest BCUT2D eigenvalue weighted by atomic mass is 32.2. The maximum absolute atomic E-state index is 12.7. The van der Waals surface area contributed by atoms with Crippen LogP contribution in [0.2, 0.25) is 0 Å². The second kappa shape index (κ2) is 9.28. The molecule has 0 N–H and O–H groups in total. The number of sulfone groups is 1. The molecular formula is C23H20F3N5O3S2. The molecule has 36 heavy (non-hydrogen) atoms. The number of hydrogen-bond acceptors (Lipinski definition) is 9. The van der Waals surface area contributed by atoms with Crippen molar-refractivity contribution in [3.05, 3.63) is 53.9 Å². The second-order valence-corrected chi connectivity index (χ2v) is 11.3. The zero-order chi connectivity index (χ0) is 25.5. The summed E-state index contributed by atoms with van der Waals surface area (Å²) in [5.41, 5.74) is 1.53. The summed E-state index contributed by atoms with van der Waals surface area (Å²) < 4.78 is 68.7. The molecule has 1 saturated heterocycles. The molecule has 0 unspecified atom stereocenters. The van der Waals surface area contributed by atoms with Gasteiger partial charge >= 0.3 is 6.18 Å². The number of benzene rings is 1. The summed E-state index contributed by atoms with van der Waals surface area (Å²) in [4.78, 5) is 18.6. The standard InChI is InChI=1S/C23H20F3N5O3S2/c1-36(32,33)17-4-2-14(3-5-17)18-12-35-20-19(18)29-13-30-21(20)34-16-6-8-31(9-7-16)22-27-10-15(11-28-22)23(24,25)26/h2-5,10-13,16H,6-9H2,1H3. The first-order chi connectivity index (χ1) is 17.1. The van der Waals surface area contributed by atoms with Crippen LogP contribution in [-0.2, 0) is 16.0 Å². The summed E-state index contributed by atoms with van der Waals surface area (Å²) in [6.45, 7) is 1.07. The lowest BCUT2D eigenvalue weighted by atomic mass is 10.1. The molecule has 0 radical (unpaired) electrons. The average molecular weight is 536 g/mol. The van der Waals surface area contributed by atoms with Crippen LogP contribution in [-0.4, -0.2) is 53.8 Å². The van der Waals surface area contributed by atoms with Crippen molar-refractivity contribution in [3.63, 3.8) is 0 Å². The van der Waals surface area contributed by atoms with E-state index in [2.05, 4.69) is 19.9 Å². The lowest BCUT2D eigenvalue weighted by Gasteiger charge is -2.31. The third-order valence-electron chi connectivity index (χ3n) is 5.88. The Labute approximate surface area is 208 Å². The third-order valence-corrected chi connectivity index (χ3v) is 7.97. The van der Waals surface area contributed by atoms with Crippen molar-refractivity contribution in [2.75, 3.05) is 24.2 Å². The fourth-order valence-corrected chi connectivity index (χ4v) is 5.55. The summed E-state index contributed by atoms with van der Waals surface area (Å²) >= 11 is 1.44. The van der Waals surface area contributed by atoms with E-state index in [-0.39, 0.29) is 16.9 Å². The van der Waals surface area contributed by atoms with Crippen LogP contribution in [0.25, 0.3) is 21.3 Å². The van der Waals surface area contributed by atoms with Crippen LogP contribution in [0, 0.1) is 0 Å². The number of rotatable bonds is 5. The molecule has 1 aliphatic rings. The fraction of sp³-hybridized carbons (Fsp3) is 0.304. The van der Waals surface area contributed by atoms with Crippen LogP contribution < -0.4 is 9.64 Å². The largest absolute Gasteiger partial charge is 0.473 e. The van der Waals surface area contributed by atoms with E-state index >= 15 is 0 Å². The first kappa shape index (κ1) is 24.4. The van der Waals surface area contributed by atoms with Crippen molar-refractivity contribution >= 4 is 37.3 Å². The fourth-order valence-electron chi connectivity index (χ4n) is 3.96. The lowest BCUT2D eigenvalue weighted by molar-refractivity contribution is -0.138. The van der Waals surface area contributed by atoms with E-state index < -0.39 is 21.6 Å². The van der Waals surface area contributed by atoms with Gasteiger partial charge < -0.3 is 9.64 Å². The molecule has 188 valence electrons. The van der Waals surface area contributed by atoms with E-state index in [9.17, 15) is 21.6 Å². The van der Waals surface area contributed by atoms with E-state index in [0.29, 0.717) is 37.3 Å². The van der Waals surface area contributed by atoms with Gasteiger partial charge in [0.25, 0.3) is 0 Å². The summed E-state index contributed by atoms with van der Waals surface area (Å²) in [5, 5.41) is 1.94. The molecule has 1 fully saturated rings. The van der Waals surface area contributed by atoms with Crippen molar-refractivity contribution < 1.29 is 26.3 Å². The minimum absolute atomic E-state index is 0.131. The van der Waals surface area contributed by atoms with Gasteiger partial charge in [-0.1, -0.05) is 12.1 Å². The van der Waals surface area contributed by atoms with Gasteiger partial charge in [-0.05, 0) is 17.7 Å². The molecule has 0 atom stereocenters. The Kier molecular flexibility index (Phi) is 6.29. The Morgan fingerprint density at radius 2 is 1.69 bits per heavy atom. The summed E-state index contributed by atoms with van der Waals surface area (Å²) in [6, 6.07) is 6.64. The quantitative estimate of drug-likeness (QED) is 0.365. The molecule has 1 aliphatic heterocycles. The molecule has 8 nitrogen and oxygen atoms in total. The smallest absolute Gasteiger partial charge is 0.419 e. The number of thiophene rings is 1. The highest BCUT2D eigenvalue weighted by molar-refractivity contribution is 7.90. The Bertz CT molecular complexity index is 1480. The molecule has 5 rings (SSSR count). The summed E-state index contributed by atoms with van der Waals surface area (Å²) in [6.07, 6.45) is 0.848. The van der Waals surface area contributed by atoms with Crippen molar-refractivity contribution in [1.29, 1.82) is 0 Å². The molecule has 4 heterocycles. The lowest BCUT2D eigenvalue weighted by Crippen LogP contribution is -2.39. The van der Waals surface area contributed by atoms with Gasteiger partial charge in [0, 0.05) is 55.5 Å². The molecule has 3 aromatic heterocycles. The number of alkyl halides is 3. The third kappa shape index (κ3) is 4.98. The predicted octanol–water partition coefficient (Wildman–Crippen LogP) is 4.62. The number of hydrogen-bond donors (Lipinski definition) is 0. The van der Waals surface area contributed by atoms with Crippen LogP contribution >= 0.6 is 11.3 Å². The van der Waals surface area contributed by atoms with E-state index in [4.69, 9.17) is 4.74 Å². The average Bonchev–Trinajstić information content (AvgIpc) is 3.29. The molecule has 1 aromatic carbocycles. The van der Waals surface area contributed by atoms with Gasteiger partial charge in [-0.2, -0.15) is 13.2 Å². The van der Waals surface area contributed by atoms with Gasteiger partial charge in [0.2, 0.25) is 11.8 Å². The van der Waals surface area contributed by atoms with Gasteiger partial charge in [0.1, 0.15) is 17.1 Å². The highest BCUT2D eigenvalue weighted by Crippen LogP contribution is 2.37. The maximum atomic E-state index is 12.7. The summed E-state index contributed by atoms with van der Waals surface area (Å²) in [5.74, 6) is 0.726. The van der Waals surface area contributed by atoms with Gasteiger partial charge in [0.15, 0.2) is 9.84 Å². The second-order valence-electron chi connectivity index (χ2n) is 8.38. The monoisotopic (exact) mass is 535 g/mol. The number of anilines is 1. The summed E-state index contributed by atoms with van der Waals surface area (Å²) in [7, 11) is -3.28. The molecular weight excluding hydrogens is 515 g/mol. The first-order valence-electron chi connectivity index (χ1n) is 10.9. The Morgan fingerprint density at radius 1 is 1.03 bits per heavy atom. The molecule has 0 saturated carbocycles. The topological polar surface area (TPSA) is 98.2 Å². The maximum Gasteiger partial charge on any atom is 0.419 e. The zero-order valence-electron chi connectivity index (χ0n) is 18.9. The van der Waals surface area contributed by atoms with E-state index in [1.165, 1.54) is 23.9 Å². The number of ether oxygens (including phenoxy) is 1. The Morgan fingerprint density at radius 3 is 2.31 bits per heavy atom. The van der Waals surface area contributed by atoms with Gasteiger partial charge in [-0.15, -0.1) is 11.3 Å². The van der Waals surface area contributed by atoms with Crippen molar-refractivity contribution in [3.8, 4) is 17.0 Å². The van der Waals surface area contributed by atoms with E-state index in [1.807, 2.05) is 10.3 Å². The molecule has 0 bridgehead atoms. The highest BCUT2D eigenvalue weighted by Gasteiger charge is 2.32. The van der Waals surface area contributed by atoms with Crippen LogP contribution in [0.1, 0.15) is 18.4 Å².